The SMILES string of the molecule is Cc1nn(-c2nccs2)c(C)c1CCCN. The van der Waals surface area contributed by atoms with Crippen LogP contribution in [0.3, 0.4) is 0 Å². The van der Waals surface area contributed by atoms with Crippen LogP contribution in [-0.2, 0) is 6.42 Å². The first kappa shape index (κ1) is 11.3. The maximum Gasteiger partial charge on any atom is 0.210 e. The second-order valence-corrected chi connectivity index (χ2v) is 4.64. The molecule has 4 nitrogen and oxygen atoms in total. The highest BCUT2D eigenvalue weighted by Crippen LogP contribution is 2.20. The molecular weight excluding hydrogens is 220 g/mol. The molecule has 0 unspecified atom stereocenters. The van der Waals surface area contributed by atoms with Crippen molar-refractivity contribution in [3.8, 4) is 5.13 Å². The molecule has 0 aliphatic heterocycles. The molecule has 0 aromatic carbocycles. The molecule has 0 spiro atoms. The fraction of sp³-hybridized carbons (Fsp3) is 0.455. The highest BCUT2D eigenvalue weighted by Gasteiger charge is 2.13. The lowest BCUT2D eigenvalue weighted by Gasteiger charge is -2.01. The van der Waals surface area contributed by atoms with E-state index in [0.717, 1.165) is 30.2 Å². The van der Waals surface area contributed by atoms with Crippen molar-refractivity contribution in [1.29, 1.82) is 0 Å². The zero-order valence-electron chi connectivity index (χ0n) is 9.60. The van der Waals surface area contributed by atoms with Crippen LogP contribution in [0.4, 0.5) is 0 Å². The molecule has 0 saturated heterocycles. The molecule has 2 rings (SSSR count). The monoisotopic (exact) mass is 236 g/mol. The van der Waals surface area contributed by atoms with E-state index in [4.69, 9.17) is 5.73 Å². The first-order chi connectivity index (χ1) is 7.74. The standard InChI is InChI=1S/C11H16N4S/c1-8-10(4-3-5-12)9(2)15(14-8)11-13-6-7-16-11/h6-7H,3-5,12H2,1-2H3. The Kier molecular flexibility index (Phi) is 3.36. The number of hydrogen-bond acceptors (Lipinski definition) is 4. The topological polar surface area (TPSA) is 56.7 Å². The fourth-order valence-electron chi connectivity index (χ4n) is 1.82. The van der Waals surface area contributed by atoms with Gasteiger partial charge in [-0.3, -0.25) is 0 Å². The molecule has 2 N–H and O–H groups in total. The van der Waals surface area contributed by atoms with Gasteiger partial charge in [-0.2, -0.15) is 5.10 Å². The Hall–Kier alpha value is -1.20. The quantitative estimate of drug-likeness (QED) is 0.881. The summed E-state index contributed by atoms with van der Waals surface area (Å²) in [6.07, 6.45) is 3.81. The lowest BCUT2D eigenvalue weighted by atomic mass is 10.1. The van der Waals surface area contributed by atoms with E-state index in [0.29, 0.717) is 0 Å². The molecule has 16 heavy (non-hydrogen) atoms. The van der Waals surface area contributed by atoms with Gasteiger partial charge in [0.1, 0.15) is 0 Å². The van der Waals surface area contributed by atoms with E-state index < -0.39 is 0 Å². The van der Waals surface area contributed by atoms with E-state index in [1.807, 2.05) is 17.0 Å². The van der Waals surface area contributed by atoms with Crippen molar-refractivity contribution in [2.24, 2.45) is 5.73 Å². The normalized spacial score (nSPS) is 10.9. The van der Waals surface area contributed by atoms with E-state index in [9.17, 15) is 0 Å². The van der Waals surface area contributed by atoms with Gasteiger partial charge in [0.2, 0.25) is 5.13 Å². The summed E-state index contributed by atoms with van der Waals surface area (Å²) in [5, 5.41) is 7.42. The first-order valence-corrected chi connectivity index (χ1v) is 6.27. The third-order valence-electron chi connectivity index (χ3n) is 2.67. The van der Waals surface area contributed by atoms with Gasteiger partial charge in [-0.25, -0.2) is 9.67 Å². The maximum atomic E-state index is 5.54. The largest absolute Gasteiger partial charge is 0.330 e. The van der Waals surface area contributed by atoms with Crippen molar-refractivity contribution >= 4 is 11.3 Å². The van der Waals surface area contributed by atoms with Gasteiger partial charge in [0, 0.05) is 17.3 Å². The smallest absolute Gasteiger partial charge is 0.210 e. The molecule has 0 atom stereocenters. The Morgan fingerprint density at radius 2 is 2.25 bits per heavy atom. The second-order valence-electron chi connectivity index (χ2n) is 3.77. The van der Waals surface area contributed by atoms with E-state index in [1.54, 1.807) is 17.5 Å². The first-order valence-electron chi connectivity index (χ1n) is 5.39. The number of nitrogens with two attached hydrogens (primary N) is 1. The van der Waals surface area contributed by atoms with Gasteiger partial charge in [0.05, 0.1) is 5.69 Å². The van der Waals surface area contributed by atoms with Gasteiger partial charge in [-0.05, 0) is 38.8 Å². The molecule has 2 aromatic rings. The molecule has 86 valence electrons. The summed E-state index contributed by atoms with van der Waals surface area (Å²) in [6.45, 7) is 4.86. The molecule has 0 aliphatic carbocycles. The van der Waals surface area contributed by atoms with Crippen LogP contribution in [0.1, 0.15) is 23.4 Å². The second kappa shape index (κ2) is 4.76. The minimum atomic E-state index is 0.724. The molecule has 5 heteroatoms. The van der Waals surface area contributed by atoms with E-state index in [-0.39, 0.29) is 0 Å². The van der Waals surface area contributed by atoms with Crippen LogP contribution in [0.15, 0.2) is 11.6 Å². The third kappa shape index (κ3) is 2.01. The van der Waals surface area contributed by atoms with Gasteiger partial charge in [-0.1, -0.05) is 0 Å². The lowest BCUT2D eigenvalue weighted by Crippen LogP contribution is -2.02. The van der Waals surface area contributed by atoms with Crippen molar-refractivity contribution in [2.75, 3.05) is 6.54 Å². The van der Waals surface area contributed by atoms with Crippen LogP contribution < -0.4 is 5.73 Å². The maximum absolute atomic E-state index is 5.54. The van der Waals surface area contributed by atoms with Gasteiger partial charge >= 0.3 is 0 Å². The van der Waals surface area contributed by atoms with E-state index in [1.165, 1.54) is 11.3 Å². The van der Waals surface area contributed by atoms with Crippen molar-refractivity contribution < 1.29 is 0 Å². The van der Waals surface area contributed by atoms with Crippen molar-refractivity contribution in [1.82, 2.24) is 14.8 Å². The van der Waals surface area contributed by atoms with Gasteiger partial charge in [0.15, 0.2) is 0 Å². The lowest BCUT2D eigenvalue weighted by molar-refractivity contribution is 0.812. The number of nitrogens with zero attached hydrogens (tertiary/aromatic N) is 3. The Bertz CT molecular complexity index is 459. The van der Waals surface area contributed by atoms with Crippen LogP contribution in [0.2, 0.25) is 0 Å². The summed E-state index contributed by atoms with van der Waals surface area (Å²) in [7, 11) is 0. The predicted octanol–water partition coefficient (Wildman–Crippen LogP) is 1.84. The highest BCUT2D eigenvalue weighted by molar-refractivity contribution is 7.12. The minimum absolute atomic E-state index is 0.724. The Morgan fingerprint density at radius 1 is 1.44 bits per heavy atom. The van der Waals surface area contributed by atoms with Crippen LogP contribution in [0.5, 0.6) is 0 Å². The Balaban J connectivity index is 2.35. The summed E-state index contributed by atoms with van der Waals surface area (Å²) < 4.78 is 1.92. The molecule has 0 fully saturated rings. The van der Waals surface area contributed by atoms with Crippen LogP contribution >= 0.6 is 11.3 Å². The minimum Gasteiger partial charge on any atom is -0.330 e. The molecule has 0 saturated carbocycles. The average Bonchev–Trinajstić information content (AvgIpc) is 2.86. The van der Waals surface area contributed by atoms with Crippen LogP contribution in [-0.4, -0.2) is 21.3 Å². The predicted molar refractivity (Wildman–Crippen MR) is 66.1 cm³/mol. The number of aryl methyl sites for hydroxylation is 1. The number of aromatic nitrogens is 3. The molecule has 2 aromatic heterocycles. The molecule has 0 amide bonds. The van der Waals surface area contributed by atoms with Crippen molar-refractivity contribution in [2.45, 2.75) is 26.7 Å². The number of rotatable bonds is 4. The van der Waals surface area contributed by atoms with E-state index in [2.05, 4.69) is 17.0 Å². The summed E-state index contributed by atoms with van der Waals surface area (Å²) in [6, 6.07) is 0. The fourth-order valence-corrected chi connectivity index (χ4v) is 2.47. The van der Waals surface area contributed by atoms with Gasteiger partial charge in [0.25, 0.3) is 0 Å². The van der Waals surface area contributed by atoms with E-state index >= 15 is 0 Å². The summed E-state index contributed by atoms with van der Waals surface area (Å²) >= 11 is 1.60. The zero-order chi connectivity index (χ0) is 11.5. The van der Waals surface area contributed by atoms with Crippen molar-refractivity contribution in [3.05, 3.63) is 28.5 Å². The van der Waals surface area contributed by atoms with Gasteiger partial charge < -0.3 is 5.73 Å². The Labute approximate surface area is 99.1 Å². The van der Waals surface area contributed by atoms with Crippen LogP contribution in [0, 0.1) is 13.8 Å². The molecule has 0 bridgehead atoms. The summed E-state index contributed by atoms with van der Waals surface area (Å²) in [5.41, 5.74) is 9.11. The summed E-state index contributed by atoms with van der Waals surface area (Å²) in [5.74, 6) is 0. The number of hydrogen-bond donors (Lipinski definition) is 1. The molecule has 2 heterocycles. The summed E-state index contributed by atoms with van der Waals surface area (Å²) in [4.78, 5) is 4.28. The van der Waals surface area contributed by atoms with Crippen LogP contribution in [0.25, 0.3) is 5.13 Å². The van der Waals surface area contributed by atoms with Gasteiger partial charge in [-0.15, -0.1) is 11.3 Å². The molecule has 0 radical (unpaired) electrons. The van der Waals surface area contributed by atoms with Crippen molar-refractivity contribution in [3.63, 3.8) is 0 Å². The third-order valence-corrected chi connectivity index (χ3v) is 3.42. The Morgan fingerprint density at radius 3 is 2.88 bits per heavy atom. The highest BCUT2D eigenvalue weighted by atomic mass is 32.1. The number of thiazole rings is 1. The molecule has 0 aliphatic rings. The zero-order valence-corrected chi connectivity index (χ0v) is 10.4. The molecular formula is C11H16N4S. The average molecular weight is 236 g/mol.